The van der Waals surface area contributed by atoms with Gasteiger partial charge < -0.3 is 10.3 Å². The number of nitrogens with one attached hydrogen (secondary N) is 1. The van der Waals surface area contributed by atoms with Crippen molar-refractivity contribution in [3.05, 3.63) is 48.0 Å². The molecule has 0 fully saturated rings. The van der Waals surface area contributed by atoms with Crippen molar-refractivity contribution < 1.29 is 9.82 Å². The Kier molecular flexibility index (Phi) is 4.00. The van der Waals surface area contributed by atoms with Crippen molar-refractivity contribution in [2.75, 3.05) is 0 Å². The summed E-state index contributed by atoms with van der Waals surface area (Å²) in [6.07, 6.45) is 0.581. The molecule has 18 heavy (non-hydrogen) atoms. The molecule has 0 saturated carbocycles. The number of hydrogen-bond donors (Lipinski definition) is 2. The van der Waals surface area contributed by atoms with Crippen LogP contribution in [-0.4, -0.2) is 24.4 Å². The summed E-state index contributed by atoms with van der Waals surface area (Å²) in [5.74, 6) is -0.501. The van der Waals surface area contributed by atoms with E-state index >= 15 is 0 Å². The van der Waals surface area contributed by atoms with Crippen LogP contribution in [0.3, 0.4) is 0 Å². The number of carbonyl (C=O) groups excluding carboxylic acids is 1. The van der Waals surface area contributed by atoms with E-state index < -0.39 is 0 Å². The largest absolute Gasteiger partial charge is 0.672 e. The average molecular weight is 240 g/mol. The third kappa shape index (κ3) is 2.90. The molecule has 4 heteroatoms. The predicted octanol–water partition coefficient (Wildman–Crippen LogP) is 1.46. The fraction of sp³-hybridized carbons (Fsp3) is 0.214. The van der Waals surface area contributed by atoms with Gasteiger partial charge in [-0.15, -0.1) is 13.4 Å². The van der Waals surface area contributed by atoms with Crippen LogP contribution in [0.25, 0.3) is 10.8 Å². The minimum absolute atomic E-state index is 0.148. The molecule has 1 atom stereocenters. The summed E-state index contributed by atoms with van der Waals surface area (Å²) >= 11 is 0. The van der Waals surface area contributed by atoms with E-state index in [-0.39, 0.29) is 11.8 Å². The molecule has 0 saturated heterocycles. The molecule has 2 rings (SSSR count). The number of carbonyl (C=O) groups is 1. The maximum Gasteiger partial charge on any atom is 0.213 e. The van der Waals surface area contributed by atoms with Gasteiger partial charge in [-0.3, -0.25) is 4.79 Å². The van der Waals surface area contributed by atoms with E-state index in [1.54, 1.807) is 0 Å². The van der Waals surface area contributed by atoms with Crippen molar-refractivity contribution in [2.45, 2.75) is 19.3 Å². The number of fused-ring (bicyclic) bond motifs is 1. The molecule has 0 bridgehead atoms. The van der Waals surface area contributed by atoms with E-state index in [4.69, 9.17) is 5.02 Å². The monoisotopic (exact) mass is 240 g/mol. The Labute approximate surface area is 107 Å². The lowest BCUT2D eigenvalue weighted by Gasteiger charge is -2.25. The van der Waals surface area contributed by atoms with Crippen LogP contribution in [0.2, 0.25) is 0 Å². The molecule has 1 amide bonds. The fourth-order valence-electron chi connectivity index (χ4n) is 2.11. The minimum Gasteiger partial charge on any atom is -0.672 e. The van der Waals surface area contributed by atoms with Crippen molar-refractivity contribution in [3.8, 4) is 0 Å². The highest BCUT2D eigenvalue weighted by molar-refractivity contribution is 6.28. The fourth-order valence-corrected chi connectivity index (χ4v) is 2.11. The standard InChI is InChI=1S/C14H15BNO2/c1-10(17)16-14(15-18)9-12-7-4-6-11-5-2-3-8-13(11)12/h2-8,14,18H,9H2,1H3,(H,16,17)/q-1/t14-/m1/s1. The van der Waals surface area contributed by atoms with Crippen molar-refractivity contribution in [1.29, 1.82) is 0 Å². The Balaban J connectivity index is 2.27. The van der Waals surface area contributed by atoms with Crippen LogP contribution in [0.4, 0.5) is 0 Å². The normalized spacial score (nSPS) is 12.3. The topological polar surface area (TPSA) is 49.3 Å². The molecule has 0 heterocycles. The quantitative estimate of drug-likeness (QED) is 0.795. The van der Waals surface area contributed by atoms with Crippen molar-refractivity contribution in [1.82, 2.24) is 5.32 Å². The smallest absolute Gasteiger partial charge is 0.213 e. The van der Waals surface area contributed by atoms with Crippen LogP contribution in [0.15, 0.2) is 42.5 Å². The van der Waals surface area contributed by atoms with E-state index in [2.05, 4.69) is 17.4 Å². The molecule has 0 aliphatic carbocycles. The highest BCUT2D eigenvalue weighted by Crippen LogP contribution is 2.19. The summed E-state index contributed by atoms with van der Waals surface area (Å²) in [5.41, 5.74) is 1.11. The van der Waals surface area contributed by atoms with Gasteiger partial charge in [0.05, 0.1) is 0 Å². The maximum absolute atomic E-state index is 11.0. The SMILES string of the molecule is CC(=O)N[C@@H]([B-]O)Cc1cccc2ccccc12. The van der Waals surface area contributed by atoms with Gasteiger partial charge in [0.2, 0.25) is 5.91 Å². The number of rotatable bonds is 4. The zero-order chi connectivity index (χ0) is 13.0. The summed E-state index contributed by atoms with van der Waals surface area (Å²) in [6, 6.07) is 14.1. The van der Waals surface area contributed by atoms with E-state index in [0.29, 0.717) is 6.42 Å². The molecule has 3 nitrogen and oxygen atoms in total. The summed E-state index contributed by atoms with van der Waals surface area (Å²) < 4.78 is 0. The molecule has 0 unspecified atom stereocenters. The molecule has 2 aromatic rings. The van der Waals surface area contributed by atoms with Gasteiger partial charge in [-0.2, -0.15) is 0 Å². The van der Waals surface area contributed by atoms with Gasteiger partial charge in [0.25, 0.3) is 0 Å². The molecule has 2 N–H and O–H groups in total. The van der Waals surface area contributed by atoms with Crippen LogP contribution in [0.1, 0.15) is 12.5 Å². The molecule has 0 aromatic heterocycles. The van der Waals surface area contributed by atoms with Gasteiger partial charge in [-0.25, -0.2) is 0 Å². The summed E-state index contributed by atoms with van der Waals surface area (Å²) in [4.78, 5) is 11.0. The third-order valence-electron chi connectivity index (χ3n) is 2.89. The van der Waals surface area contributed by atoms with Crippen LogP contribution in [0.5, 0.6) is 0 Å². The van der Waals surface area contributed by atoms with Gasteiger partial charge >= 0.3 is 0 Å². The Morgan fingerprint density at radius 1 is 1.28 bits per heavy atom. The Morgan fingerprint density at radius 2 is 2.00 bits per heavy atom. The van der Waals surface area contributed by atoms with Crippen LogP contribution >= 0.6 is 0 Å². The maximum atomic E-state index is 11.0. The van der Waals surface area contributed by atoms with Crippen molar-refractivity contribution in [2.24, 2.45) is 0 Å². The third-order valence-corrected chi connectivity index (χ3v) is 2.89. The summed E-state index contributed by atoms with van der Waals surface area (Å²) in [5, 5.41) is 14.2. The van der Waals surface area contributed by atoms with Crippen LogP contribution in [0, 0.1) is 0 Å². The summed E-state index contributed by atoms with van der Waals surface area (Å²) in [7, 11) is 1.03. The molecule has 0 spiro atoms. The number of amides is 1. The second kappa shape index (κ2) is 5.69. The Hall–Kier alpha value is -1.81. The molecule has 2 aromatic carbocycles. The van der Waals surface area contributed by atoms with E-state index in [9.17, 15) is 4.79 Å². The van der Waals surface area contributed by atoms with Crippen LogP contribution < -0.4 is 5.32 Å². The lowest BCUT2D eigenvalue weighted by molar-refractivity contribution is -0.119. The Morgan fingerprint density at radius 3 is 2.72 bits per heavy atom. The predicted molar refractivity (Wildman–Crippen MR) is 73.2 cm³/mol. The lowest BCUT2D eigenvalue weighted by Crippen LogP contribution is -2.39. The second-order valence-corrected chi connectivity index (χ2v) is 4.30. The molecular formula is C14H15BNO2-. The molecule has 0 aliphatic rings. The molecule has 92 valence electrons. The lowest BCUT2D eigenvalue weighted by atomic mass is 9.82. The van der Waals surface area contributed by atoms with E-state index in [1.807, 2.05) is 30.3 Å². The Bertz CT molecular complexity index is 551. The first-order valence-corrected chi connectivity index (χ1v) is 5.92. The molecule has 0 aliphatic heterocycles. The van der Waals surface area contributed by atoms with Gasteiger partial charge in [-0.05, 0) is 22.8 Å². The molecule has 2 radical (unpaired) electrons. The first-order chi connectivity index (χ1) is 8.70. The zero-order valence-corrected chi connectivity index (χ0v) is 10.3. The van der Waals surface area contributed by atoms with Gasteiger partial charge in [-0.1, -0.05) is 42.5 Å². The second-order valence-electron chi connectivity index (χ2n) is 4.30. The first kappa shape index (κ1) is 12.6. The van der Waals surface area contributed by atoms with Gasteiger partial charge in [0.15, 0.2) is 0 Å². The number of hydrogen-bond acceptors (Lipinski definition) is 2. The highest BCUT2D eigenvalue weighted by Gasteiger charge is 2.04. The van der Waals surface area contributed by atoms with Crippen molar-refractivity contribution in [3.63, 3.8) is 0 Å². The van der Waals surface area contributed by atoms with Gasteiger partial charge in [0.1, 0.15) is 0 Å². The number of benzene rings is 2. The zero-order valence-electron chi connectivity index (χ0n) is 10.3. The van der Waals surface area contributed by atoms with Gasteiger partial charge in [0, 0.05) is 6.92 Å². The average Bonchev–Trinajstić information content (AvgIpc) is 2.38. The highest BCUT2D eigenvalue weighted by atomic mass is 16.2. The van der Waals surface area contributed by atoms with Crippen LogP contribution in [-0.2, 0) is 11.2 Å². The van der Waals surface area contributed by atoms with E-state index in [1.165, 1.54) is 6.92 Å². The minimum atomic E-state index is -0.353. The molecular weight excluding hydrogens is 225 g/mol. The summed E-state index contributed by atoms with van der Waals surface area (Å²) in [6.45, 7) is 1.44. The first-order valence-electron chi connectivity index (χ1n) is 5.92. The van der Waals surface area contributed by atoms with Crippen molar-refractivity contribution >= 4 is 24.2 Å². The van der Waals surface area contributed by atoms with E-state index in [0.717, 1.165) is 23.8 Å².